The number of carbonyl (C=O) groups is 1. The maximum absolute atomic E-state index is 13.3. The van der Waals surface area contributed by atoms with Gasteiger partial charge < -0.3 is 15.4 Å². The molecular formula is C14H20F2N2O2. The van der Waals surface area contributed by atoms with Crippen molar-refractivity contribution in [1.82, 2.24) is 10.6 Å². The minimum Gasteiger partial charge on any atom is -0.444 e. The molecule has 0 aliphatic carbocycles. The van der Waals surface area contributed by atoms with E-state index in [2.05, 4.69) is 10.6 Å². The molecule has 20 heavy (non-hydrogen) atoms. The first-order chi connectivity index (χ1) is 9.29. The van der Waals surface area contributed by atoms with Gasteiger partial charge in [0, 0.05) is 25.2 Å². The third kappa shape index (κ3) is 5.97. The smallest absolute Gasteiger partial charge is 0.407 e. The van der Waals surface area contributed by atoms with Crippen molar-refractivity contribution < 1.29 is 18.3 Å². The maximum Gasteiger partial charge on any atom is 0.407 e. The molecule has 0 atom stereocenters. The number of alkyl carbamates (subject to hydrolysis) is 1. The highest BCUT2D eigenvalue weighted by atomic mass is 19.1. The molecule has 4 nitrogen and oxygen atoms in total. The molecule has 112 valence electrons. The molecule has 0 unspecified atom stereocenters. The Morgan fingerprint density at radius 3 is 2.35 bits per heavy atom. The summed E-state index contributed by atoms with van der Waals surface area (Å²) in [7, 11) is 0. The van der Waals surface area contributed by atoms with Gasteiger partial charge in [0.2, 0.25) is 0 Å². The first kappa shape index (κ1) is 16.4. The lowest BCUT2D eigenvalue weighted by Gasteiger charge is -2.19. The van der Waals surface area contributed by atoms with Crippen LogP contribution in [0.3, 0.4) is 0 Å². The number of halogens is 2. The van der Waals surface area contributed by atoms with E-state index in [0.29, 0.717) is 13.1 Å². The Morgan fingerprint density at radius 2 is 1.80 bits per heavy atom. The number of hydrogen-bond acceptors (Lipinski definition) is 3. The second-order valence-corrected chi connectivity index (χ2v) is 5.31. The zero-order valence-corrected chi connectivity index (χ0v) is 11.9. The van der Waals surface area contributed by atoms with Crippen molar-refractivity contribution in [2.75, 3.05) is 13.1 Å². The average Bonchev–Trinajstić information content (AvgIpc) is 2.29. The Bertz CT molecular complexity index is 439. The highest BCUT2D eigenvalue weighted by Gasteiger charge is 2.15. The summed E-state index contributed by atoms with van der Waals surface area (Å²) in [6.45, 7) is 6.07. The summed E-state index contributed by atoms with van der Waals surface area (Å²) in [6.07, 6.45) is -0.517. The van der Waals surface area contributed by atoms with Crippen LogP contribution in [0, 0.1) is 11.6 Å². The second-order valence-electron chi connectivity index (χ2n) is 5.31. The fraction of sp³-hybridized carbons (Fsp3) is 0.500. The van der Waals surface area contributed by atoms with Crippen LogP contribution < -0.4 is 10.6 Å². The molecule has 1 aromatic carbocycles. The summed E-state index contributed by atoms with van der Waals surface area (Å²) in [5, 5.41) is 5.39. The molecule has 0 spiro atoms. The lowest BCUT2D eigenvalue weighted by Crippen LogP contribution is -2.36. The Morgan fingerprint density at radius 1 is 1.20 bits per heavy atom. The van der Waals surface area contributed by atoms with Gasteiger partial charge in [-0.05, 0) is 32.9 Å². The van der Waals surface area contributed by atoms with Gasteiger partial charge in [-0.2, -0.15) is 0 Å². The lowest BCUT2D eigenvalue weighted by molar-refractivity contribution is 0.0528. The van der Waals surface area contributed by atoms with Crippen LogP contribution in [0.5, 0.6) is 0 Å². The predicted octanol–water partition coefficient (Wildman–Crippen LogP) is 2.58. The van der Waals surface area contributed by atoms with Crippen LogP contribution in [0.15, 0.2) is 18.2 Å². The van der Waals surface area contributed by atoms with Gasteiger partial charge in [-0.15, -0.1) is 0 Å². The summed E-state index contributed by atoms with van der Waals surface area (Å²) in [5.74, 6) is -1.17. The van der Waals surface area contributed by atoms with E-state index in [0.717, 1.165) is 0 Å². The van der Waals surface area contributed by atoms with E-state index in [9.17, 15) is 13.6 Å². The zero-order chi connectivity index (χ0) is 15.2. The molecule has 0 aliphatic rings. The summed E-state index contributed by atoms with van der Waals surface area (Å²) in [5.41, 5.74) is -0.557. The third-order valence-electron chi connectivity index (χ3n) is 2.33. The Hall–Kier alpha value is -1.69. The molecule has 0 heterocycles. The monoisotopic (exact) mass is 286 g/mol. The van der Waals surface area contributed by atoms with Gasteiger partial charge in [-0.3, -0.25) is 0 Å². The summed E-state index contributed by atoms with van der Waals surface area (Å²) >= 11 is 0. The van der Waals surface area contributed by atoms with E-state index in [1.54, 1.807) is 20.8 Å². The molecule has 0 aliphatic heterocycles. The van der Waals surface area contributed by atoms with Gasteiger partial charge in [0.1, 0.15) is 17.2 Å². The van der Waals surface area contributed by atoms with Crippen LogP contribution in [-0.4, -0.2) is 24.8 Å². The van der Waals surface area contributed by atoms with Crippen LogP contribution >= 0.6 is 0 Å². The van der Waals surface area contributed by atoms with Crippen LogP contribution in [0.4, 0.5) is 13.6 Å². The molecule has 1 amide bonds. The van der Waals surface area contributed by atoms with E-state index >= 15 is 0 Å². The minimum atomic E-state index is -0.586. The quantitative estimate of drug-likeness (QED) is 0.818. The SMILES string of the molecule is CC(C)(C)OC(=O)NCCNCc1c(F)cccc1F. The van der Waals surface area contributed by atoms with Crippen molar-refractivity contribution in [2.45, 2.75) is 32.9 Å². The van der Waals surface area contributed by atoms with Gasteiger partial charge >= 0.3 is 6.09 Å². The number of hydrogen-bond donors (Lipinski definition) is 2. The first-order valence-electron chi connectivity index (χ1n) is 6.40. The third-order valence-corrected chi connectivity index (χ3v) is 2.33. The number of amides is 1. The maximum atomic E-state index is 13.3. The molecule has 2 N–H and O–H groups in total. The number of ether oxygens (including phenoxy) is 1. The minimum absolute atomic E-state index is 0.00947. The molecule has 0 radical (unpaired) electrons. The molecule has 1 rings (SSSR count). The van der Waals surface area contributed by atoms with Crippen molar-refractivity contribution in [3.05, 3.63) is 35.4 Å². The lowest BCUT2D eigenvalue weighted by atomic mass is 10.2. The zero-order valence-electron chi connectivity index (χ0n) is 11.9. The Kier molecular flexibility index (Phi) is 5.88. The predicted molar refractivity (Wildman–Crippen MR) is 72.3 cm³/mol. The fourth-order valence-corrected chi connectivity index (χ4v) is 1.48. The molecule has 0 saturated heterocycles. The molecule has 1 aromatic rings. The van der Waals surface area contributed by atoms with Crippen molar-refractivity contribution >= 4 is 6.09 Å². The largest absolute Gasteiger partial charge is 0.444 e. The van der Waals surface area contributed by atoms with E-state index in [1.165, 1.54) is 18.2 Å². The van der Waals surface area contributed by atoms with E-state index < -0.39 is 23.3 Å². The topological polar surface area (TPSA) is 50.4 Å². The number of rotatable bonds is 5. The molecule has 0 aromatic heterocycles. The Balaban J connectivity index is 2.24. The standard InChI is InChI=1S/C14H20F2N2O2/c1-14(2,3)20-13(19)18-8-7-17-9-10-11(15)5-4-6-12(10)16/h4-6,17H,7-9H2,1-3H3,(H,18,19). The number of carbonyl (C=O) groups excluding carboxylic acids is 1. The molecule has 0 bridgehead atoms. The van der Waals surface area contributed by atoms with Crippen LogP contribution in [0.25, 0.3) is 0 Å². The van der Waals surface area contributed by atoms with Gasteiger partial charge in [-0.25, -0.2) is 13.6 Å². The number of nitrogens with one attached hydrogen (secondary N) is 2. The van der Waals surface area contributed by atoms with Gasteiger partial charge in [0.05, 0.1) is 0 Å². The Labute approximate surface area is 117 Å². The number of benzene rings is 1. The summed E-state index contributed by atoms with van der Waals surface area (Å²) in [6, 6.07) is 3.73. The normalized spacial score (nSPS) is 11.2. The van der Waals surface area contributed by atoms with Crippen LogP contribution in [-0.2, 0) is 11.3 Å². The second kappa shape index (κ2) is 7.19. The van der Waals surface area contributed by atoms with Crippen LogP contribution in [0.2, 0.25) is 0 Å². The first-order valence-corrected chi connectivity index (χ1v) is 6.40. The molecule has 6 heteroatoms. The van der Waals surface area contributed by atoms with Gasteiger partial charge in [-0.1, -0.05) is 6.07 Å². The van der Waals surface area contributed by atoms with Gasteiger partial charge in [0.25, 0.3) is 0 Å². The van der Waals surface area contributed by atoms with Crippen molar-refractivity contribution in [1.29, 1.82) is 0 Å². The van der Waals surface area contributed by atoms with Crippen molar-refractivity contribution in [3.63, 3.8) is 0 Å². The van der Waals surface area contributed by atoms with Crippen molar-refractivity contribution in [3.8, 4) is 0 Å². The van der Waals surface area contributed by atoms with Gasteiger partial charge in [0.15, 0.2) is 0 Å². The average molecular weight is 286 g/mol. The van der Waals surface area contributed by atoms with E-state index in [4.69, 9.17) is 4.74 Å². The highest BCUT2D eigenvalue weighted by molar-refractivity contribution is 5.67. The molecule has 0 saturated carbocycles. The van der Waals surface area contributed by atoms with Crippen LogP contribution in [0.1, 0.15) is 26.3 Å². The van der Waals surface area contributed by atoms with E-state index in [1.807, 2.05) is 0 Å². The summed E-state index contributed by atoms with van der Waals surface area (Å²) in [4.78, 5) is 11.3. The van der Waals surface area contributed by atoms with E-state index in [-0.39, 0.29) is 12.1 Å². The molecule has 0 fully saturated rings. The fourth-order valence-electron chi connectivity index (χ4n) is 1.48. The highest BCUT2D eigenvalue weighted by Crippen LogP contribution is 2.11. The summed E-state index contributed by atoms with van der Waals surface area (Å²) < 4.78 is 31.7. The van der Waals surface area contributed by atoms with Crippen molar-refractivity contribution in [2.24, 2.45) is 0 Å². The molecular weight excluding hydrogens is 266 g/mol.